The first-order valence-corrected chi connectivity index (χ1v) is 6.89. The molecule has 11 nitrogen and oxygen atoms in total. The molecule has 0 amide bonds. The summed E-state index contributed by atoms with van der Waals surface area (Å²) < 4.78 is 12.3. The van der Waals surface area contributed by atoms with Gasteiger partial charge in [-0.1, -0.05) is 0 Å². The zero-order valence-corrected chi connectivity index (χ0v) is 13.0. The van der Waals surface area contributed by atoms with Gasteiger partial charge in [-0.2, -0.15) is 5.26 Å². The van der Waals surface area contributed by atoms with E-state index in [9.17, 15) is 25.0 Å². The molecule has 3 heterocycles. The molecular formula is C14H11N5O6. The van der Waals surface area contributed by atoms with E-state index in [0.29, 0.717) is 0 Å². The number of nitro groups is 1. The maximum absolute atomic E-state index is 12.6. The second-order valence-electron chi connectivity index (χ2n) is 5.28. The van der Waals surface area contributed by atoms with Gasteiger partial charge < -0.3 is 14.9 Å². The molecule has 1 aliphatic rings. The van der Waals surface area contributed by atoms with Gasteiger partial charge >= 0.3 is 11.6 Å². The van der Waals surface area contributed by atoms with Crippen LogP contribution in [-0.4, -0.2) is 14.1 Å². The Morgan fingerprint density at radius 2 is 2.00 bits per heavy atom. The van der Waals surface area contributed by atoms with Crippen LogP contribution >= 0.6 is 0 Å². The van der Waals surface area contributed by atoms with Crippen molar-refractivity contribution in [3.05, 3.63) is 65.9 Å². The van der Waals surface area contributed by atoms with Gasteiger partial charge in [0.1, 0.15) is 22.3 Å². The monoisotopic (exact) mass is 345 g/mol. The number of nitrogens with two attached hydrogens (primary N) is 1. The Morgan fingerprint density at radius 1 is 1.32 bits per heavy atom. The van der Waals surface area contributed by atoms with E-state index in [1.165, 1.54) is 20.2 Å². The average Bonchev–Trinajstić information content (AvgIpc) is 3.07. The molecule has 0 bridgehead atoms. The van der Waals surface area contributed by atoms with Crippen LogP contribution in [0.3, 0.4) is 0 Å². The minimum absolute atomic E-state index is 0.0356. The maximum Gasteiger partial charge on any atom is 0.433 e. The number of aromatic nitrogens is 2. The molecule has 0 aromatic carbocycles. The lowest BCUT2D eigenvalue weighted by Crippen LogP contribution is -2.42. The minimum atomic E-state index is -1.13. The zero-order valence-electron chi connectivity index (χ0n) is 13.0. The number of nitrogens with zero attached hydrogens (tertiary/aromatic N) is 4. The third-order valence-electron chi connectivity index (χ3n) is 3.89. The fourth-order valence-electron chi connectivity index (χ4n) is 2.67. The first kappa shape index (κ1) is 16.1. The maximum atomic E-state index is 12.6. The first-order valence-electron chi connectivity index (χ1n) is 6.89. The molecular weight excluding hydrogens is 334 g/mol. The van der Waals surface area contributed by atoms with Crippen LogP contribution < -0.4 is 21.7 Å². The van der Waals surface area contributed by atoms with Crippen molar-refractivity contribution in [3.63, 3.8) is 0 Å². The van der Waals surface area contributed by atoms with Crippen LogP contribution in [0.25, 0.3) is 0 Å². The van der Waals surface area contributed by atoms with E-state index in [2.05, 4.69) is 0 Å². The molecule has 1 aliphatic heterocycles. The van der Waals surface area contributed by atoms with E-state index < -0.39 is 28.0 Å². The van der Waals surface area contributed by atoms with Gasteiger partial charge in [0.25, 0.3) is 5.56 Å². The Labute approximate surface area is 138 Å². The number of furan rings is 1. The molecule has 11 heteroatoms. The van der Waals surface area contributed by atoms with Crippen molar-refractivity contribution in [1.82, 2.24) is 9.13 Å². The highest BCUT2D eigenvalue weighted by molar-refractivity contribution is 5.51. The summed E-state index contributed by atoms with van der Waals surface area (Å²) in [6.45, 7) is 0. The normalized spacial score (nSPS) is 16.1. The predicted molar refractivity (Wildman–Crippen MR) is 81.6 cm³/mol. The summed E-state index contributed by atoms with van der Waals surface area (Å²) in [4.78, 5) is 34.8. The lowest BCUT2D eigenvalue weighted by molar-refractivity contribution is -0.402. The summed E-state index contributed by atoms with van der Waals surface area (Å²) in [5, 5.41) is 20.3. The smallest absolute Gasteiger partial charge is 0.423 e. The van der Waals surface area contributed by atoms with Crippen molar-refractivity contribution in [2.24, 2.45) is 19.8 Å². The largest absolute Gasteiger partial charge is 0.433 e. The van der Waals surface area contributed by atoms with Crippen LogP contribution in [0.4, 0.5) is 5.88 Å². The fraction of sp³-hybridized carbons (Fsp3) is 0.214. The van der Waals surface area contributed by atoms with E-state index in [1.54, 1.807) is 0 Å². The minimum Gasteiger partial charge on any atom is -0.423 e. The molecule has 1 unspecified atom stereocenters. The summed E-state index contributed by atoms with van der Waals surface area (Å²) in [5.41, 5.74) is 4.15. The van der Waals surface area contributed by atoms with Gasteiger partial charge in [0.05, 0.1) is 17.5 Å². The summed E-state index contributed by atoms with van der Waals surface area (Å²) in [7, 11) is 2.63. The summed E-state index contributed by atoms with van der Waals surface area (Å²) in [5.74, 6) is -2.18. The third-order valence-corrected chi connectivity index (χ3v) is 3.89. The first-order chi connectivity index (χ1) is 11.8. The van der Waals surface area contributed by atoms with Gasteiger partial charge in [-0.25, -0.2) is 4.79 Å². The molecule has 2 N–H and O–H groups in total. The van der Waals surface area contributed by atoms with Crippen molar-refractivity contribution >= 4 is 5.88 Å². The molecule has 25 heavy (non-hydrogen) atoms. The lowest BCUT2D eigenvalue weighted by atomic mass is 9.89. The van der Waals surface area contributed by atoms with Gasteiger partial charge in [-0.15, -0.1) is 0 Å². The zero-order chi connectivity index (χ0) is 18.5. The van der Waals surface area contributed by atoms with E-state index in [4.69, 9.17) is 14.9 Å². The van der Waals surface area contributed by atoms with Crippen molar-refractivity contribution in [1.29, 1.82) is 5.26 Å². The third kappa shape index (κ3) is 2.19. The summed E-state index contributed by atoms with van der Waals surface area (Å²) in [6.07, 6.45) is 0. The molecule has 0 aliphatic carbocycles. The van der Waals surface area contributed by atoms with Crippen LogP contribution in [0.5, 0.6) is 5.88 Å². The molecule has 1 atom stereocenters. The highest BCUT2D eigenvalue weighted by atomic mass is 16.6. The molecule has 0 saturated heterocycles. The van der Waals surface area contributed by atoms with E-state index in [-0.39, 0.29) is 28.7 Å². The number of fused-ring (bicyclic) bond motifs is 1. The van der Waals surface area contributed by atoms with E-state index in [0.717, 1.165) is 15.2 Å². The fourth-order valence-corrected chi connectivity index (χ4v) is 2.67. The van der Waals surface area contributed by atoms with E-state index >= 15 is 0 Å². The Hall–Kier alpha value is -3.81. The van der Waals surface area contributed by atoms with Gasteiger partial charge in [0, 0.05) is 14.1 Å². The van der Waals surface area contributed by atoms with Crippen LogP contribution in [0.2, 0.25) is 0 Å². The summed E-state index contributed by atoms with van der Waals surface area (Å²) in [6, 6.07) is 4.20. The molecule has 0 spiro atoms. The second kappa shape index (κ2) is 5.38. The van der Waals surface area contributed by atoms with Crippen LogP contribution in [-0.2, 0) is 14.1 Å². The highest BCUT2D eigenvalue weighted by Crippen LogP contribution is 2.40. The number of allylic oxidation sites excluding steroid dienone is 1. The topological polar surface area (TPSA) is 159 Å². The SMILES string of the molecule is Cn1c2c(c(=O)n(C)c1=O)C(c1ccc([N+](=O)[O-])o1)C(C#N)=C(N)O2. The number of hydrogen-bond donors (Lipinski definition) is 1. The van der Waals surface area contributed by atoms with Crippen molar-refractivity contribution in [2.45, 2.75) is 5.92 Å². The van der Waals surface area contributed by atoms with Crippen LogP contribution in [0, 0.1) is 21.4 Å². The molecule has 0 radical (unpaired) electrons. The summed E-state index contributed by atoms with van der Waals surface area (Å²) >= 11 is 0. The highest BCUT2D eigenvalue weighted by Gasteiger charge is 2.38. The van der Waals surface area contributed by atoms with Crippen molar-refractivity contribution in [2.75, 3.05) is 0 Å². The molecule has 128 valence electrons. The van der Waals surface area contributed by atoms with Crippen LogP contribution in [0.15, 0.2) is 37.6 Å². The van der Waals surface area contributed by atoms with Gasteiger partial charge in [-0.3, -0.25) is 24.0 Å². The Kier molecular flexibility index (Phi) is 3.45. The van der Waals surface area contributed by atoms with Crippen LogP contribution in [0.1, 0.15) is 17.2 Å². The molecule has 0 fully saturated rings. The number of hydrogen-bond acceptors (Lipinski definition) is 8. The average molecular weight is 345 g/mol. The number of ether oxygens (including phenoxy) is 1. The second-order valence-corrected chi connectivity index (χ2v) is 5.28. The lowest BCUT2D eigenvalue weighted by Gasteiger charge is -2.25. The van der Waals surface area contributed by atoms with Gasteiger partial charge in [-0.05, 0) is 6.07 Å². The van der Waals surface area contributed by atoms with Crippen molar-refractivity contribution in [3.8, 4) is 11.9 Å². The molecule has 2 aromatic rings. The molecule has 3 rings (SSSR count). The van der Waals surface area contributed by atoms with E-state index in [1.807, 2.05) is 6.07 Å². The molecule has 0 saturated carbocycles. The Bertz CT molecular complexity index is 1100. The van der Waals surface area contributed by atoms with Crippen molar-refractivity contribution < 1.29 is 14.1 Å². The van der Waals surface area contributed by atoms with Gasteiger partial charge in [0.15, 0.2) is 0 Å². The standard InChI is InChI=1S/C14H11N5O6/c1-17-12(20)10-9(7-3-4-8(24-7)19(22)23)6(5-15)11(16)25-13(10)18(2)14(17)21/h3-4,9H,16H2,1-2H3. The Balaban J connectivity index is 2.38. The predicted octanol–water partition coefficient (Wildman–Crippen LogP) is -0.197. The Morgan fingerprint density at radius 3 is 2.56 bits per heavy atom. The van der Waals surface area contributed by atoms with Gasteiger partial charge in [0.2, 0.25) is 11.8 Å². The quantitative estimate of drug-likeness (QED) is 0.578. The number of rotatable bonds is 2. The molecule has 2 aromatic heterocycles. The number of nitriles is 1.